The molecule has 3 N–H and O–H groups in total. The summed E-state index contributed by atoms with van der Waals surface area (Å²) in [5.74, 6) is -1.51. The minimum atomic E-state index is -4.47. The molecule has 0 atom stereocenters. The maximum absolute atomic E-state index is 13.4. The van der Waals surface area contributed by atoms with Crippen LogP contribution in [-0.2, 0) is 4.79 Å². The Kier molecular flexibility index (Phi) is 11.7. The highest BCUT2D eigenvalue weighted by Gasteiger charge is 2.42. The summed E-state index contributed by atoms with van der Waals surface area (Å²) in [5, 5.41) is 27.8. The molecule has 0 fully saturated rings. The van der Waals surface area contributed by atoms with Gasteiger partial charge in [-0.1, -0.05) is 42.5 Å². The van der Waals surface area contributed by atoms with Crippen molar-refractivity contribution in [2.24, 2.45) is 0 Å². The molecule has 0 spiro atoms. The third kappa shape index (κ3) is 8.84. The Balaban J connectivity index is 0.000000710. The van der Waals surface area contributed by atoms with Crippen LogP contribution in [0, 0.1) is 20.8 Å². The van der Waals surface area contributed by atoms with Crippen molar-refractivity contribution >= 4 is 6.29 Å². The lowest BCUT2D eigenvalue weighted by molar-refractivity contribution is -0.141. The van der Waals surface area contributed by atoms with Crippen LogP contribution in [0.25, 0.3) is 0 Å². The Bertz CT molecular complexity index is 961. The third-order valence-electron chi connectivity index (χ3n) is 4.55. The molecule has 0 aliphatic heterocycles. The first kappa shape index (κ1) is 29.5. The Hall–Kier alpha value is -3.55. The highest BCUT2D eigenvalue weighted by atomic mass is 19.4. The van der Waals surface area contributed by atoms with E-state index in [0.29, 0.717) is 16.9 Å². The average Bonchev–Trinajstić information content (AvgIpc) is 2.70. The van der Waals surface area contributed by atoms with E-state index in [2.05, 4.69) is 0 Å². The fraction of sp³-hybridized carbons (Fsp3) is 0.240. The standard InChI is InChI=1S/C16H15F3O2.C7H8O.C2H4O.FH/c1-9-7-11(3-5-13(9)20)15(16(17,18)19)12-4-6-14(21)10(2)8-12;1-6-4-2-3-5-7(6)8;1-2-3;/h3-8,15,20-21H,1-2H3;2-5,8H,1H3;2H,1H3;1H. The summed E-state index contributed by atoms with van der Waals surface area (Å²) in [7, 11) is 0. The van der Waals surface area contributed by atoms with Crippen molar-refractivity contribution in [2.75, 3.05) is 0 Å². The maximum atomic E-state index is 13.4. The first-order valence-electron chi connectivity index (χ1n) is 9.72. The van der Waals surface area contributed by atoms with E-state index in [1.54, 1.807) is 19.9 Å². The molecule has 0 unspecified atom stereocenters. The second-order valence-corrected chi connectivity index (χ2v) is 7.09. The summed E-state index contributed by atoms with van der Waals surface area (Å²) < 4.78 is 40.3. The average molecular weight is 468 g/mol. The number of phenols is 3. The van der Waals surface area contributed by atoms with Crippen molar-refractivity contribution < 1.29 is 38.0 Å². The van der Waals surface area contributed by atoms with E-state index in [4.69, 9.17) is 9.90 Å². The van der Waals surface area contributed by atoms with Gasteiger partial charge in [-0.3, -0.25) is 4.70 Å². The van der Waals surface area contributed by atoms with Crippen molar-refractivity contribution in [3.8, 4) is 17.2 Å². The molecule has 0 amide bonds. The molecule has 0 saturated heterocycles. The van der Waals surface area contributed by atoms with Gasteiger partial charge in [-0.15, -0.1) is 0 Å². The summed E-state index contributed by atoms with van der Waals surface area (Å²) in [5.41, 5.74) is 1.81. The largest absolute Gasteiger partial charge is 0.508 e. The molecular formula is C25H28F4O4. The van der Waals surface area contributed by atoms with Crippen LogP contribution in [0.15, 0.2) is 60.7 Å². The molecule has 0 saturated carbocycles. The van der Waals surface area contributed by atoms with Crippen molar-refractivity contribution in [1.82, 2.24) is 0 Å². The minimum Gasteiger partial charge on any atom is -0.508 e. The quantitative estimate of drug-likeness (QED) is 0.298. The third-order valence-corrected chi connectivity index (χ3v) is 4.55. The molecule has 0 heterocycles. The molecule has 3 aromatic carbocycles. The highest BCUT2D eigenvalue weighted by Crippen LogP contribution is 2.42. The van der Waals surface area contributed by atoms with E-state index in [-0.39, 0.29) is 27.3 Å². The molecule has 4 nitrogen and oxygen atoms in total. The van der Waals surface area contributed by atoms with Gasteiger partial charge in [-0.25, -0.2) is 0 Å². The van der Waals surface area contributed by atoms with Gasteiger partial charge in [0.2, 0.25) is 0 Å². The second-order valence-electron chi connectivity index (χ2n) is 7.09. The van der Waals surface area contributed by atoms with Gasteiger partial charge in [-0.05, 0) is 73.7 Å². The highest BCUT2D eigenvalue weighted by molar-refractivity contribution is 5.45. The predicted molar refractivity (Wildman–Crippen MR) is 121 cm³/mol. The van der Waals surface area contributed by atoms with Gasteiger partial charge in [0.25, 0.3) is 0 Å². The number of benzene rings is 3. The lowest BCUT2D eigenvalue weighted by Gasteiger charge is -2.22. The van der Waals surface area contributed by atoms with Crippen molar-refractivity contribution in [1.29, 1.82) is 0 Å². The number of aryl methyl sites for hydroxylation is 3. The molecular weight excluding hydrogens is 440 g/mol. The number of alkyl halides is 3. The first-order valence-corrected chi connectivity index (χ1v) is 9.72. The Morgan fingerprint density at radius 2 is 1.09 bits per heavy atom. The van der Waals surface area contributed by atoms with Crippen LogP contribution in [-0.4, -0.2) is 27.8 Å². The van der Waals surface area contributed by atoms with Crippen LogP contribution in [0.2, 0.25) is 0 Å². The summed E-state index contributed by atoms with van der Waals surface area (Å²) in [6.45, 7) is 6.41. The zero-order valence-corrected chi connectivity index (χ0v) is 18.7. The monoisotopic (exact) mass is 468 g/mol. The number of phenolic OH excluding ortho intramolecular Hbond substituents is 3. The van der Waals surface area contributed by atoms with Gasteiger partial charge in [-0.2, -0.15) is 13.2 Å². The van der Waals surface area contributed by atoms with E-state index in [9.17, 15) is 23.4 Å². The SMILES string of the molecule is CC=O.Cc1cc(C(c2ccc(O)c(C)c2)C(F)(F)F)ccc1O.Cc1ccccc1O.F. The second kappa shape index (κ2) is 13.1. The number of aromatic hydroxyl groups is 3. The van der Waals surface area contributed by atoms with Crippen LogP contribution in [0.5, 0.6) is 17.2 Å². The zero-order valence-electron chi connectivity index (χ0n) is 18.7. The van der Waals surface area contributed by atoms with Crippen molar-refractivity contribution in [3.05, 3.63) is 88.5 Å². The number of aldehydes is 1. The molecule has 0 aliphatic carbocycles. The normalized spacial score (nSPS) is 10.2. The molecule has 8 heteroatoms. The Labute approximate surface area is 190 Å². The van der Waals surface area contributed by atoms with Gasteiger partial charge < -0.3 is 20.1 Å². The van der Waals surface area contributed by atoms with E-state index in [1.165, 1.54) is 43.3 Å². The van der Waals surface area contributed by atoms with Crippen LogP contribution in [0.1, 0.15) is 40.7 Å². The zero-order chi connectivity index (χ0) is 24.5. The van der Waals surface area contributed by atoms with E-state index >= 15 is 0 Å². The number of halogens is 4. The summed E-state index contributed by atoms with van der Waals surface area (Å²) in [4.78, 5) is 8.81. The number of hydrogen-bond acceptors (Lipinski definition) is 4. The Morgan fingerprint density at radius 3 is 1.36 bits per heavy atom. The molecule has 0 radical (unpaired) electrons. The van der Waals surface area contributed by atoms with Gasteiger partial charge in [0, 0.05) is 0 Å². The summed E-state index contributed by atoms with van der Waals surface area (Å²) >= 11 is 0. The lowest BCUT2D eigenvalue weighted by Crippen LogP contribution is -2.22. The molecule has 3 rings (SSSR count). The fourth-order valence-corrected chi connectivity index (χ4v) is 2.85. The van der Waals surface area contributed by atoms with Gasteiger partial charge >= 0.3 is 6.18 Å². The van der Waals surface area contributed by atoms with E-state index in [1.807, 2.05) is 25.1 Å². The Morgan fingerprint density at radius 1 is 0.727 bits per heavy atom. The van der Waals surface area contributed by atoms with Crippen LogP contribution in [0.3, 0.4) is 0 Å². The maximum Gasteiger partial charge on any atom is 0.399 e. The molecule has 0 aliphatic rings. The number of rotatable bonds is 2. The van der Waals surface area contributed by atoms with Crippen LogP contribution < -0.4 is 0 Å². The number of carbonyl (C=O) groups is 1. The first-order chi connectivity index (χ1) is 14.9. The molecule has 3 aromatic rings. The molecule has 33 heavy (non-hydrogen) atoms. The van der Waals surface area contributed by atoms with Crippen molar-refractivity contribution in [3.63, 3.8) is 0 Å². The number of carbonyl (C=O) groups excluding carboxylic acids is 1. The van der Waals surface area contributed by atoms with Gasteiger partial charge in [0.05, 0.1) is 0 Å². The number of para-hydroxylation sites is 1. The topological polar surface area (TPSA) is 77.8 Å². The van der Waals surface area contributed by atoms with Crippen LogP contribution in [0.4, 0.5) is 17.9 Å². The van der Waals surface area contributed by atoms with E-state index < -0.39 is 12.1 Å². The van der Waals surface area contributed by atoms with Crippen molar-refractivity contribution in [2.45, 2.75) is 39.8 Å². The number of hydrogen-bond donors (Lipinski definition) is 3. The predicted octanol–water partition coefficient (Wildman–Crippen LogP) is 6.47. The smallest absolute Gasteiger partial charge is 0.399 e. The van der Waals surface area contributed by atoms with Crippen LogP contribution >= 0.6 is 0 Å². The van der Waals surface area contributed by atoms with E-state index in [0.717, 1.165) is 11.8 Å². The minimum absolute atomic E-state index is 0. The molecule has 0 aromatic heterocycles. The molecule has 180 valence electrons. The summed E-state index contributed by atoms with van der Waals surface area (Å²) in [6, 6.07) is 15.0. The fourth-order valence-electron chi connectivity index (χ4n) is 2.85. The molecule has 0 bridgehead atoms. The van der Waals surface area contributed by atoms with Gasteiger partial charge in [0.1, 0.15) is 29.5 Å². The lowest BCUT2D eigenvalue weighted by atomic mass is 9.89. The summed E-state index contributed by atoms with van der Waals surface area (Å²) in [6.07, 6.45) is -3.72. The van der Waals surface area contributed by atoms with Gasteiger partial charge in [0.15, 0.2) is 0 Å².